The van der Waals surface area contributed by atoms with E-state index in [1.807, 2.05) is 43.3 Å². The molecule has 0 aliphatic carbocycles. The van der Waals surface area contributed by atoms with Gasteiger partial charge in [0.2, 0.25) is 5.88 Å². The minimum Gasteiger partial charge on any atom is -0.492 e. The summed E-state index contributed by atoms with van der Waals surface area (Å²) in [4.78, 5) is 0. The van der Waals surface area contributed by atoms with Gasteiger partial charge in [0.05, 0.1) is 6.20 Å². The van der Waals surface area contributed by atoms with Gasteiger partial charge in [0.15, 0.2) is 0 Å². The third-order valence-electron chi connectivity index (χ3n) is 3.21. The highest BCUT2D eigenvalue weighted by atomic mass is 16.3. The van der Waals surface area contributed by atoms with Crippen LogP contribution in [-0.2, 0) is 0 Å². The summed E-state index contributed by atoms with van der Waals surface area (Å²) in [6, 6.07) is 11.6. The van der Waals surface area contributed by atoms with Gasteiger partial charge in [0.25, 0.3) is 0 Å². The van der Waals surface area contributed by atoms with Crippen LogP contribution in [-0.4, -0.2) is 15.3 Å². The Bertz CT molecular complexity index is 768. The Labute approximate surface area is 110 Å². The number of fused-ring (bicyclic) bond motifs is 1. The third kappa shape index (κ3) is 1.97. The number of nitrogens with two attached hydrogens (primary N) is 1. The second-order valence-electron chi connectivity index (χ2n) is 4.54. The maximum Gasteiger partial charge on any atom is 0.238 e. The summed E-state index contributed by atoms with van der Waals surface area (Å²) >= 11 is 0. The molecule has 0 unspecified atom stereocenters. The zero-order valence-corrected chi connectivity index (χ0v) is 10.5. The fourth-order valence-corrected chi connectivity index (χ4v) is 2.19. The number of nitrogen functional groups attached to an aromatic ring is 1. The number of benzene rings is 2. The lowest BCUT2D eigenvalue weighted by Gasteiger charge is -2.08. The Hall–Kier alpha value is -2.62. The number of aromatic hydroxyl groups is 1. The average Bonchev–Trinajstić information content (AvgIpc) is 2.41. The standard InChI is InChI=1S/C15H13N3O/c1-9-2-4-12(16)7-14(9)10-3-5-13-11(6-10)8-17-18-15(13)19/h2-8H,16H2,1H3,(H,18,19). The van der Waals surface area contributed by atoms with Crippen LogP contribution in [0.2, 0.25) is 0 Å². The third-order valence-corrected chi connectivity index (χ3v) is 3.21. The number of aryl methyl sites for hydroxylation is 1. The number of aromatic nitrogens is 2. The minimum absolute atomic E-state index is 0.0478. The van der Waals surface area contributed by atoms with Gasteiger partial charge in [0.1, 0.15) is 0 Å². The van der Waals surface area contributed by atoms with Crippen molar-refractivity contribution in [3.05, 3.63) is 48.2 Å². The molecule has 0 bridgehead atoms. The monoisotopic (exact) mass is 251 g/mol. The zero-order valence-electron chi connectivity index (χ0n) is 10.5. The van der Waals surface area contributed by atoms with Crippen LogP contribution in [0.25, 0.3) is 21.9 Å². The van der Waals surface area contributed by atoms with E-state index >= 15 is 0 Å². The first-order valence-electron chi connectivity index (χ1n) is 5.96. The maximum atomic E-state index is 9.64. The predicted octanol–water partition coefficient (Wildman–Crippen LogP) is 2.89. The summed E-state index contributed by atoms with van der Waals surface area (Å²) < 4.78 is 0. The first-order chi connectivity index (χ1) is 9.15. The average molecular weight is 251 g/mol. The SMILES string of the molecule is Cc1ccc(N)cc1-c1ccc2c(O)nncc2c1. The Kier molecular flexibility index (Phi) is 2.56. The summed E-state index contributed by atoms with van der Waals surface area (Å²) in [6.45, 7) is 2.04. The van der Waals surface area contributed by atoms with E-state index in [9.17, 15) is 5.11 Å². The van der Waals surface area contributed by atoms with E-state index in [1.54, 1.807) is 6.20 Å². The van der Waals surface area contributed by atoms with E-state index in [0.717, 1.165) is 27.8 Å². The van der Waals surface area contributed by atoms with Crippen LogP contribution in [0.3, 0.4) is 0 Å². The number of anilines is 1. The molecule has 0 spiro atoms. The van der Waals surface area contributed by atoms with Gasteiger partial charge >= 0.3 is 0 Å². The summed E-state index contributed by atoms with van der Waals surface area (Å²) in [6.07, 6.45) is 1.64. The smallest absolute Gasteiger partial charge is 0.238 e. The minimum atomic E-state index is -0.0478. The van der Waals surface area contributed by atoms with Gasteiger partial charge in [-0.2, -0.15) is 5.10 Å². The van der Waals surface area contributed by atoms with E-state index in [0.29, 0.717) is 5.39 Å². The highest BCUT2D eigenvalue weighted by Crippen LogP contribution is 2.30. The van der Waals surface area contributed by atoms with Gasteiger partial charge in [-0.25, -0.2) is 0 Å². The van der Waals surface area contributed by atoms with Gasteiger partial charge in [-0.15, -0.1) is 5.10 Å². The van der Waals surface area contributed by atoms with Gasteiger partial charge in [0, 0.05) is 16.5 Å². The van der Waals surface area contributed by atoms with E-state index in [-0.39, 0.29) is 5.88 Å². The number of rotatable bonds is 1. The highest BCUT2D eigenvalue weighted by molar-refractivity contribution is 5.90. The van der Waals surface area contributed by atoms with Crippen molar-refractivity contribution in [1.82, 2.24) is 10.2 Å². The largest absolute Gasteiger partial charge is 0.492 e. The topological polar surface area (TPSA) is 72.0 Å². The lowest BCUT2D eigenvalue weighted by atomic mass is 9.98. The molecule has 0 amide bonds. The van der Waals surface area contributed by atoms with Crippen LogP contribution < -0.4 is 5.73 Å². The summed E-state index contributed by atoms with van der Waals surface area (Å²) in [5.41, 5.74) is 9.85. The zero-order chi connectivity index (χ0) is 13.4. The Morgan fingerprint density at radius 1 is 1.11 bits per heavy atom. The molecule has 1 aromatic heterocycles. The summed E-state index contributed by atoms with van der Waals surface area (Å²) in [7, 11) is 0. The molecule has 3 rings (SSSR count). The van der Waals surface area contributed by atoms with Crippen LogP contribution in [0.1, 0.15) is 5.56 Å². The van der Waals surface area contributed by atoms with Crippen molar-refractivity contribution in [1.29, 1.82) is 0 Å². The van der Waals surface area contributed by atoms with Crippen LogP contribution in [0.4, 0.5) is 5.69 Å². The van der Waals surface area contributed by atoms with Crippen molar-refractivity contribution < 1.29 is 5.11 Å². The number of nitrogens with zero attached hydrogens (tertiary/aromatic N) is 2. The lowest BCUT2D eigenvalue weighted by molar-refractivity contribution is 0.452. The molecule has 94 valence electrons. The van der Waals surface area contributed by atoms with Gasteiger partial charge in [-0.1, -0.05) is 12.1 Å². The van der Waals surface area contributed by atoms with E-state index in [4.69, 9.17) is 5.73 Å². The van der Waals surface area contributed by atoms with E-state index < -0.39 is 0 Å². The molecule has 0 atom stereocenters. The van der Waals surface area contributed by atoms with Crippen LogP contribution in [0, 0.1) is 6.92 Å². The molecule has 0 aliphatic rings. The normalized spacial score (nSPS) is 10.8. The predicted molar refractivity (Wildman–Crippen MR) is 75.8 cm³/mol. The molecular formula is C15H13N3O. The van der Waals surface area contributed by atoms with Crippen molar-refractivity contribution in [2.75, 3.05) is 5.73 Å². The maximum absolute atomic E-state index is 9.64. The van der Waals surface area contributed by atoms with E-state index in [1.165, 1.54) is 0 Å². The molecule has 4 heteroatoms. The quantitative estimate of drug-likeness (QED) is 0.652. The molecule has 2 aromatic carbocycles. The molecule has 3 aromatic rings. The Morgan fingerprint density at radius 3 is 2.79 bits per heavy atom. The van der Waals surface area contributed by atoms with Crippen molar-refractivity contribution in [2.45, 2.75) is 6.92 Å². The van der Waals surface area contributed by atoms with Crippen molar-refractivity contribution >= 4 is 16.5 Å². The van der Waals surface area contributed by atoms with Crippen molar-refractivity contribution in [2.24, 2.45) is 0 Å². The molecule has 3 N–H and O–H groups in total. The molecule has 4 nitrogen and oxygen atoms in total. The molecule has 19 heavy (non-hydrogen) atoms. The molecule has 0 fully saturated rings. The summed E-state index contributed by atoms with van der Waals surface area (Å²) in [5.74, 6) is -0.0478. The molecule has 0 saturated carbocycles. The van der Waals surface area contributed by atoms with E-state index in [2.05, 4.69) is 10.2 Å². The second-order valence-corrected chi connectivity index (χ2v) is 4.54. The van der Waals surface area contributed by atoms with Gasteiger partial charge < -0.3 is 10.8 Å². The molecule has 0 radical (unpaired) electrons. The van der Waals surface area contributed by atoms with Crippen LogP contribution in [0.15, 0.2) is 42.6 Å². The first kappa shape index (κ1) is 11.5. The van der Waals surface area contributed by atoms with Crippen LogP contribution >= 0.6 is 0 Å². The van der Waals surface area contributed by atoms with Crippen molar-refractivity contribution in [3.8, 4) is 17.0 Å². The van der Waals surface area contributed by atoms with Crippen LogP contribution in [0.5, 0.6) is 5.88 Å². The number of hydrogen-bond acceptors (Lipinski definition) is 4. The van der Waals surface area contributed by atoms with Gasteiger partial charge in [-0.3, -0.25) is 0 Å². The Morgan fingerprint density at radius 2 is 1.95 bits per heavy atom. The van der Waals surface area contributed by atoms with Crippen molar-refractivity contribution in [3.63, 3.8) is 0 Å². The summed E-state index contributed by atoms with van der Waals surface area (Å²) in [5, 5.41) is 18.6. The Balaban J connectivity index is 2.23. The highest BCUT2D eigenvalue weighted by Gasteiger charge is 2.06. The fourth-order valence-electron chi connectivity index (χ4n) is 2.19. The molecular weight excluding hydrogens is 238 g/mol. The number of hydrogen-bond donors (Lipinski definition) is 2. The molecule has 1 heterocycles. The molecule has 0 saturated heterocycles. The molecule has 0 aliphatic heterocycles. The fraction of sp³-hybridized carbons (Fsp3) is 0.0667. The lowest BCUT2D eigenvalue weighted by Crippen LogP contribution is -1.89. The second kappa shape index (κ2) is 4.24. The van der Waals surface area contributed by atoms with Gasteiger partial charge in [-0.05, 0) is 47.9 Å². The first-order valence-corrected chi connectivity index (χ1v) is 5.96.